The van der Waals surface area contributed by atoms with Crippen molar-refractivity contribution in [3.05, 3.63) is 70.5 Å². The summed E-state index contributed by atoms with van der Waals surface area (Å²) in [5, 5.41) is 3.96. The highest BCUT2D eigenvalue weighted by Gasteiger charge is 2.11. The van der Waals surface area contributed by atoms with Crippen molar-refractivity contribution in [3.63, 3.8) is 0 Å². The number of ether oxygens (including phenoxy) is 2. The van der Waals surface area contributed by atoms with E-state index in [1.54, 1.807) is 30.3 Å². The van der Waals surface area contributed by atoms with Gasteiger partial charge in [-0.2, -0.15) is 5.10 Å². The molecule has 1 amide bonds. The highest BCUT2D eigenvalue weighted by atomic mass is 79.9. The number of carbonyl (C=O) groups is 1. The predicted octanol–water partition coefficient (Wildman–Crippen LogP) is 4.24. The van der Waals surface area contributed by atoms with E-state index in [1.807, 2.05) is 6.92 Å². The van der Waals surface area contributed by atoms with E-state index in [-0.39, 0.29) is 18.1 Å². The van der Waals surface area contributed by atoms with Crippen LogP contribution in [0.15, 0.2) is 58.6 Å². The summed E-state index contributed by atoms with van der Waals surface area (Å²) in [6.45, 7) is 6.34. The van der Waals surface area contributed by atoms with Crippen LogP contribution in [0, 0.1) is 5.82 Å². The van der Waals surface area contributed by atoms with E-state index in [0.717, 1.165) is 5.56 Å². The minimum absolute atomic E-state index is 0.111. The van der Waals surface area contributed by atoms with Gasteiger partial charge in [-0.05, 0) is 58.2 Å². The van der Waals surface area contributed by atoms with Crippen LogP contribution in [-0.2, 0) is 11.2 Å². The molecule has 0 aliphatic carbocycles. The summed E-state index contributed by atoms with van der Waals surface area (Å²) < 4.78 is 24.8. The maximum Gasteiger partial charge on any atom is 0.244 e. The van der Waals surface area contributed by atoms with E-state index < -0.39 is 0 Å². The molecule has 0 aliphatic heterocycles. The molecule has 0 spiro atoms. The maximum absolute atomic E-state index is 12.9. The standard InChI is InChI=1S/C20H20BrFN2O3/c1-3-9-27-20-17(21)10-15(11-18(20)26-4-2)13-23-24-19(25)12-14-5-7-16(22)8-6-14/h3,5-8,10-11,13H,1,4,9,12H2,2H3,(H,24,25)/b23-13+. The van der Waals surface area contributed by atoms with Gasteiger partial charge in [0.15, 0.2) is 11.5 Å². The first-order valence-electron chi connectivity index (χ1n) is 8.29. The molecule has 2 aromatic carbocycles. The monoisotopic (exact) mass is 434 g/mol. The van der Waals surface area contributed by atoms with Crippen LogP contribution >= 0.6 is 15.9 Å². The van der Waals surface area contributed by atoms with Gasteiger partial charge in [0.25, 0.3) is 0 Å². The van der Waals surface area contributed by atoms with E-state index in [2.05, 4.69) is 33.0 Å². The largest absolute Gasteiger partial charge is 0.490 e. The topological polar surface area (TPSA) is 59.9 Å². The first-order valence-corrected chi connectivity index (χ1v) is 9.09. The smallest absolute Gasteiger partial charge is 0.244 e. The number of halogens is 2. The summed E-state index contributed by atoms with van der Waals surface area (Å²) in [5.41, 5.74) is 3.87. The van der Waals surface area contributed by atoms with Crippen molar-refractivity contribution in [2.45, 2.75) is 13.3 Å². The van der Waals surface area contributed by atoms with Crippen molar-refractivity contribution < 1.29 is 18.7 Å². The van der Waals surface area contributed by atoms with Crippen LogP contribution < -0.4 is 14.9 Å². The lowest BCUT2D eigenvalue weighted by Crippen LogP contribution is -2.19. The summed E-state index contributed by atoms with van der Waals surface area (Å²) >= 11 is 3.45. The Morgan fingerprint density at radius 3 is 2.70 bits per heavy atom. The van der Waals surface area contributed by atoms with Crippen LogP contribution in [0.1, 0.15) is 18.1 Å². The normalized spacial score (nSPS) is 10.6. The number of amides is 1. The zero-order valence-electron chi connectivity index (χ0n) is 14.9. The highest BCUT2D eigenvalue weighted by Crippen LogP contribution is 2.36. The van der Waals surface area contributed by atoms with Crippen LogP contribution in [0.5, 0.6) is 11.5 Å². The summed E-state index contributed by atoms with van der Waals surface area (Å²) in [6.07, 6.45) is 3.27. The third-order valence-electron chi connectivity index (χ3n) is 3.36. The lowest BCUT2D eigenvalue weighted by Gasteiger charge is -2.13. The van der Waals surface area contributed by atoms with Crippen molar-refractivity contribution in [1.29, 1.82) is 0 Å². The van der Waals surface area contributed by atoms with E-state index in [0.29, 0.717) is 34.7 Å². The van der Waals surface area contributed by atoms with Crippen molar-refractivity contribution in [2.24, 2.45) is 5.10 Å². The number of hydrazone groups is 1. The van der Waals surface area contributed by atoms with Crippen LogP contribution in [0.25, 0.3) is 0 Å². The minimum Gasteiger partial charge on any atom is -0.490 e. The van der Waals surface area contributed by atoms with Crippen LogP contribution in [0.3, 0.4) is 0 Å². The van der Waals surface area contributed by atoms with Gasteiger partial charge < -0.3 is 9.47 Å². The Morgan fingerprint density at radius 2 is 2.04 bits per heavy atom. The van der Waals surface area contributed by atoms with Gasteiger partial charge in [-0.1, -0.05) is 24.8 Å². The molecule has 2 aromatic rings. The molecule has 0 aromatic heterocycles. The molecule has 27 heavy (non-hydrogen) atoms. The number of hydrogen-bond donors (Lipinski definition) is 1. The zero-order chi connectivity index (χ0) is 19.6. The predicted molar refractivity (Wildman–Crippen MR) is 107 cm³/mol. The van der Waals surface area contributed by atoms with Gasteiger partial charge in [0.05, 0.1) is 23.7 Å². The van der Waals surface area contributed by atoms with Crippen LogP contribution in [0.4, 0.5) is 4.39 Å². The molecule has 2 rings (SSSR count). The Labute approximate surface area is 166 Å². The number of carbonyl (C=O) groups excluding carboxylic acids is 1. The third kappa shape index (κ3) is 6.53. The van der Waals surface area contributed by atoms with E-state index in [9.17, 15) is 9.18 Å². The number of rotatable bonds is 9. The first kappa shape index (κ1) is 20.6. The first-order chi connectivity index (χ1) is 13.0. The van der Waals surface area contributed by atoms with Gasteiger partial charge >= 0.3 is 0 Å². The molecule has 142 valence electrons. The summed E-state index contributed by atoms with van der Waals surface area (Å²) in [7, 11) is 0. The Balaban J connectivity index is 2.03. The molecule has 0 bridgehead atoms. The Morgan fingerprint density at radius 1 is 1.30 bits per heavy atom. The molecule has 7 heteroatoms. The van der Waals surface area contributed by atoms with Crippen molar-refractivity contribution in [3.8, 4) is 11.5 Å². The summed E-state index contributed by atoms with van der Waals surface area (Å²) in [5.74, 6) is 0.503. The molecule has 5 nitrogen and oxygen atoms in total. The Kier molecular flexibility index (Phi) is 8.00. The summed E-state index contributed by atoms with van der Waals surface area (Å²) in [6, 6.07) is 9.32. The van der Waals surface area contributed by atoms with Crippen LogP contribution in [0.2, 0.25) is 0 Å². The molecule has 1 N–H and O–H groups in total. The van der Waals surface area contributed by atoms with Gasteiger partial charge in [0.2, 0.25) is 5.91 Å². The number of nitrogens with zero attached hydrogens (tertiary/aromatic N) is 1. The molecule has 0 radical (unpaired) electrons. The summed E-state index contributed by atoms with van der Waals surface area (Å²) in [4.78, 5) is 11.9. The Hall–Kier alpha value is -2.67. The SMILES string of the molecule is C=CCOc1c(Br)cc(/C=N/NC(=O)Cc2ccc(F)cc2)cc1OCC. The fraction of sp³-hybridized carbons (Fsp3) is 0.200. The van der Waals surface area contributed by atoms with Gasteiger partial charge in [0.1, 0.15) is 12.4 Å². The second-order valence-electron chi connectivity index (χ2n) is 5.46. The fourth-order valence-corrected chi connectivity index (χ4v) is 2.79. The van der Waals surface area contributed by atoms with E-state index >= 15 is 0 Å². The quantitative estimate of drug-likeness (QED) is 0.364. The Bertz CT molecular complexity index is 823. The minimum atomic E-state index is -0.339. The second kappa shape index (κ2) is 10.5. The van der Waals surface area contributed by atoms with Gasteiger partial charge in [-0.25, -0.2) is 9.82 Å². The third-order valence-corrected chi connectivity index (χ3v) is 3.95. The molecular formula is C20H20BrFN2O3. The molecule has 0 heterocycles. The van der Waals surface area contributed by atoms with Gasteiger partial charge in [-0.15, -0.1) is 0 Å². The molecule has 0 aliphatic rings. The number of nitrogens with one attached hydrogen (secondary N) is 1. The van der Waals surface area contributed by atoms with Crippen molar-refractivity contribution in [2.75, 3.05) is 13.2 Å². The molecule has 0 saturated carbocycles. The lowest BCUT2D eigenvalue weighted by molar-refractivity contribution is -0.120. The maximum atomic E-state index is 12.9. The average Bonchev–Trinajstić information content (AvgIpc) is 2.63. The molecule has 0 unspecified atom stereocenters. The second-order valence-corrected chi connectivity index (χ2v) is 6.31. The van der Waals surface area contributed by atoms with E-state index in [4.69, 9.17) is 9.47 Å². The fourth-order valence-electron chi connectivity index (χ4n) is 2.21. The van der Waals surface area contributed by atoms with Crippen LogP contribution in [-0.4, -0.2) is 25.3 Å². The average molecular weight is 435 g/mol. The van der Waals surface area contributed by atoms with Crippen molar-refractivity contribution >= 4 is 28.1 Å². The molecule has 0 fully saturated rings. The van der Waals surface area contributed by atoms with Gasteiger partial charge in [-0.3, -0.25) is 4.79 Å². The molecule has 0 saturated heterocycles. The van der Waals surface area contributed by atoms with Crippen molar-refractivity contribution in [1.82, 2.24) is 5.43 Å². The number of benzene rings is 2. The molecule has 0 atom stereocenters. The zero-order valence-corrected chi connectivity index (χ0v) is 16.5. The highest BCUT2D eigenvalue weighted by molar-refractivity contribution is 9.10. The number of hydrogen-bond acceptors (Lipinski definition) is 4. The lowest BCUT2D eigenvalue weighted by atomic mass is 10.1. The molecular weight excluding hydrogens is 415 g/mol. The van der Waals surface area contributed by atoms with Gasteiger partial charge in [0, 0.05) is 0 Å². The van der Waals surface area contributed by atoms with E-state index in [1.165, 1.54) is 18.3 Å².